The summed E-state index contributed by atoms with van der Waals surface area (Å²) in [5.74, 6) is 0. The van der Waals surface area contributed by atoms with Gasteiger partial charge in [0, 0.05) is 27.2 Å². The summed E-state index contributed by atoms with van der Waals surface area (Å²) in [6.07, 6.45) is 1.05. The van der Waals surface area contributed by atoms with Gasteiger partial charge in [-0.1, -0.05) is 0 Å². The Kier molecular flexibility index (Phi) is 6.45. The Morgan fingerprint density at radius 2 is 2.09 bits per heavy atom. The van der Waals surface area contributed by atoms with E-state index < -0.39 is 0 Å². The van der Waals surface area contributed by atoms with Crippen molar-refractivity contribution < 1.29 is 9.57 Å². The fourth-order valence-corrected chi connectivity index (χ4v) is 0.749. The third-order valence-electron chi connectivity index (χ3n) is 1.67. The first kappa shape index (κ1) is 10.8. The smallest absolute Gasteiger partial charge is 0.0706 e. The number of nitrogens with two attached hydrogens (primary N) is 1. The Hall–Kier alpha value is -0.160. The molecule has 0 saturated heterocycles. The predicted octanol–water partition coefficient (Wildman–Crippen LogP) is -0.157. The van der Waals surface area contributed by atoms with Gasteiger partial charge in [-0.2, -0.15) is 5.06 Å². The van der Waals surface area contributed by atoms with Gasteiger partial charge in [0.15, 0.2) is 0 Å². The number of hydroxylamine groups is 2. The Morgan fingerprint density at radius 3 is 2.45 bits per heavy atom. The van der Waals surface area contributed by atoms with Crippen LogP contribution in [0.2, 0.25) is 0 Å². The summed E-state index contributed by atoms with van der Waals surface area (Å²) in [5.41, 5.74) is 5.43. The van der Waals surface area contributed by atoms with Crippen molar-refractivity contribution in [2.45, 2.75) is 12.5 Å². The van der Waals surface area contributed by atoms with Gasteiger partial charge in [-0.25, -0.2) is 0 Å². The minimum absolute atomic E-state index is 0.146. The minimum atomic E-state index is 0.146. The molecule has 0 aromatic rings. The van der Waals surface area contributed by atoms with Crippen molar-refractivity contribution in [1.82, 2.24) is 5.06 Å². The van der Waals surface area contributed by atoms with Crippen LogP contribution in [0.4, 0.5) is 0 Å². The Balaban J connectivity index is 3.34. The molecule has 4 heteroatoms. The second-order valence-electron chi connectivity index (χ2n) is 2.42. The van der Waals surface area contributed by atoms with Crippen molar-refractivity contribution in [2.75, 3.05) is 34.4 Å². The lowest BCUT2D eigenvalue weighted by molar-refractivity contribution is -0.114. The molecule has 68 valence electrons. The maximum absolute atomic E-state index is 5.43. The summed E-state index contributed by atoms with van der Waals surface area (Å²) < 4.78 is 5.09. The average molecular weight is 162 g/mol. The summed E-state index contributed by atoms with van der Waals surface area (Å²) in [5, 5.41) is 1.75. The molecule has 0 aliphatic rings. The molecule has 0 aliphatic carbocycles. The second kappa shape index (κ2) is 6.54. The Bertz CT molecular complexity index is 86.5. The number of ether oxygens (including phenoxy) is 1. The molecule has 0 saturated carbocycles. The fourth-order valence-electron chi connectivity index (χ4n) is 0.749. The number of methoxy groups -OCH3 is 1. The first-order valence-corrected chi connectivity index (χ1v) is 3.72. The first-order chi connectivity index (χ1) is 5.24. The van der Waals surface area contributed by atoms with Crippen LogP contribution in [0.1, 0.15) is 6.42 Å². The zero-order valence-electron chi connectivity index (χ0n) is 7.54. The van der Waals surface area contributed by atoms with Gasteiger partial charge in [0.25, 0.3) is 0 Å². The van der Waals surface area contributed by atoms with Gasteiger partial charge in [0.2, 0.25) is 0 Å². The van der Waals surface area contributed by atoms with Crippen molar-refractivity contribution in [1.29, 1.82) is 0 Å². The SMILES string of the molecule is COC(CN)CCN(C)OC. The monoisotopic (exact) mass is 162 g/mol. The van der Waals surface area contributed by atoms with E-state index in [2.05, 4.69) is 0 Å². The Labute approximate surface area is 68.2 Å². The molecule has 0 rings (SSSR count). The number of hydrogen-bond acceptors (Lipinski definition) is 4. The van der Waals surface area contributed by atoms with Gasteiger partial charge < -0.3 is 15.3 Å². The van der Waals surface area contributed by atoms with Crippen LogP contribution in [0.25, 0.3) is 0 Å². The topological polar surface area (TPSA) is 47.7 Å². The van der Waals surface area contributed by atoms with Crippen LogP contribution in [-0.4, -0.2) is 45.5 Å². The molecular formula is C7H18N2O2. The normalized spacial score (nSPS) is 13.9. The third kappa shape index (κ3) is 5.15. The second-order valence-corrected chi connectivity index (χ2v) is 2.42. The quantitative estimate of drug-likeness (QED) is 0.551. The highest BCUT2D eigenvalue weighted by molar-refractivity contribution is 4.58. The van der Waals surface area contributed by atoms with E-state index in [1.54, 1.807) is 19.3 Å². The minimum Gasteiger partial charge on any atom is -0.380 e. The van der Waals surface area contributed by atoms with Crippen LogP contribution in [0.15, 0.2) is 0 Å². The standard InChI is InChI=1S/C7H18N2O2/c1-9(11-3)5-4-7(6-8)10-2/h7H,4-6,8H2,1-3H3. The van der Waals surface area contributed by atoms with Crippen molar-refractivity contribution in [2.24, 2.45) is 5.73 Å². The van der Waals surface area contributed by atoms with E-state index in [1.165, 1.54) is 0 Å². The summed E-state index contributed by atoms with van der Waals surface area (Å²) in [4.78, 5) is 4.93. The molecule has 4 nitrogen and oxygen atoms in total. The van der Waals surface area contributed by atoms with Crippen molar-refractivity contribution >= 4 is 0 Å². The maximum Gasteiger partial charge on any atom is 0.0706 e. The van der Waals surface area contributed by atoms with Gasteiger partial charge in [-0.15, -0.1) is 0 Å². The van der Waals surface area contributed by atoms with Gasteiger partial charge in [0.1, 0.15) is 0 Å². The predicted molar refractivity (Wildman–Crippen MR) is 44.1 cm³/mol. The molecule has 0 bridgehead atoms. The lowest BCUT2D eigenvalue weighted by Gasteiger charge is -2.17. The lowest BCUT2D eigenvalue weighted by Crippen LogP contribution is -2.28. The lowest BCUT2D eigenvalue weighted by atomic mass is 10.2. The van der Waals surface area contributed by atoms with Crippen molar-refractivity contribution in [3.8, 4) is 0 Å². The molecule has 0 heterocycles. The first-order valence-electron chi connectivity index (χ1n) is 3.72. The molecule has 0 radical (unpaired) electrons. The molecule has 11 heavy (non-hydrogen) atoms. The van der Waals surface area contributed by atoms with Crippen molar-refractivity contribution in [3.05, 3.63) is 0 Å². The molecular weight excluding hydrogens is 144 g/mol. The van der Waals surface area contributed by atoms with Crippen LogP contribution < -0.4 is 5.73 Å². The highest BCUT2D eigenvalue weighted by Gasteiger charge is 2.05. The highest BCUT2D eigenvalue weighted by Crippen LogP contribution is 1.96. The molecule has 1 unspecified atom stereocenters. The molecule has 0 spiro atoms. The third-order valence-corrected chi connectivity index (χ3v) is 1.67. The van der Waals surface area contributed by atoms with Crippen LogP contribution in [0.5, 0.6) is 0 Å². The summed E-state index contributed by atoms with van der Waals surface area (Å²) in [6.45, 7) is 1.40. The number of nitrogens with zero attached hydrogens (tertiary/aromatic N) is 1. The molecule has 0 aromatic carbocycles. The van der Waals surface area contributed by atoms with Crippen LogP contribution >= 0.6 is 0 Å². The average Bonchev–Trinajstić information content (AvgIpc) is 2.06. The van der Waals surface area contributed by atoms with E-state index in [-0.39, 0.29) is 6.10 Å². The maximum atomic E-state index is 5.43. The summed E-state index contributed by atoms with van der Waals surface area (Å²) in [7, 11) is 5.19. The van der Waals surface area contributed by atoms with E-state index in [4.69, 9.17) is 15.3 Å². The zero-order chi connectivity index (χ0) is 8.69. The van der Waals surface area contributed by atoms with E-state index in [9.17, 15) is 0 Å². The van der Waals surface area contributed by atoms with E-state index >= 15 is 0 Å². The molecule has 0 amide bonds. The fraction of sp³-hybridized carbons (Fsp3) is 1.00. The zero-order valence-corrected chi connectivity index (χ0v) is 7.54. The summed E-state index contributed by atoms with van der Waals surface area (Å²) in [6, 6.07) is 0. The molecule has 0 fully saturated rings. The molecule has 2 N–H and O–H groups in total. The van der Waals surface area contributed by atoms with Gasteiger partial charge in [0.05, 0.1) is 13.2 Å². The van der Waals surface area contributed by atoms with Crippen LogP contribution in [0, 0.1) is 0 Å². The van der Waals surface area contributed by atoms with Gasteiger partial charge in [-0.3, -0.25) is 0 Å². The van der Waals surface area contributed by atoms with Crippen LogP contribution in [0.3, 0.4) is 0 Å². The van der Waals surface area contributed by atoms with E-state index in [0.717, 1.165) is 13.0 Å². The number of hydrogen-bond donors (Lipinski definition) is 1. The van der Waals surface area contributed by atoms with E-state index in [1.807, 2.05) is 7.05 Å². The molecule has 0 aromatic heterocycles. The van der Waals surface area contributed by atoms with E-state index in [0.29, 0.717) is 6.54 Å². The molecule has 0 aliphatic heterocycles. The van der Waals surface area contributed by atoms with Gasteiger partial charge >= 0.3 is 0 Å². The molecule has 1 atom stereocenters. The van der Waals surface area contributed by atoms with Gasteiger partial charge in [-0.05, 0) is 6.42 Å². The summed E-state index contributed by atoms with van der Waals surface area (Å²) >= 11 is 0. The van der Waals surface area contributed by atoms with Crippen LogP contribution in [-0.2, 0) is 9.57 Å². The van der Waals surface area contributed by atoms with Crippen molar-refractivity contribution in [3.63, 3.8) is 0 Å². The Morgan fingerprint density at radius 1 is 1.45 bits per heavy atom. The highest BCUT2D eigenvalue weighted by atomic mass is 16.7. The number of rotatable bonds is 6. The largest absolute Gasteiger partial charge is 0.380 e.